The van der Waals surface area contributed by atoms with Gasteiger partial charge < -0.3 is 4.74 Å². The molecule has 2 fully saturated rings. The lowest BCUT2D eigenvalue weighted by molar-refractivity contribution is 0.121. The quantitative estimate of drug-likeness (QED) is 0.706. The standard InChI is InChI=1S/C17H28N4O3S2/c1-24-13-14-7-11-21(12-8-14)26(22,23)20-15-3-5-16(6-4-15)25-17-18-9-2-10-19-17/h2,9-10,14-16,20H,3-8,11-13H2,1H3. The van der Waals surface area contributed by atoms with Crippen molar-refractivity contribution in [2.75, 3.05) is 26.8 Å². The number of piperidine rings is 1. The average Bonchev–Trinajstić information content (AvgIpc) is 2.65. The van der Waals surface area contributed by atoms with E-state index >= 15 is 0 Å². The van der Waals surface area contributed by atoms with E-state index in [0.717, 1.165) is 43.7 Å². The maximum atomic E-state index is 12.6. The van der Waals surface area contributed by atoms with Gasteiger partial charge in [-0.1, -0.05) is 11.8 Å². The Balaban J connectivity index is 1.43. The van der Waals surface area contributed by atoms with Crippen molar-refractivity contribution in [1.82, 2.24) is 19.0 Å². The normalized spacial score (nSPS) is 26.0. The van der Waals surface area contributed by atoms with Crippen molar-refractivity contribution in [2.45, 2.75) is 55.0 Å². The van der Waals surface area contributed by atoms with Crippen LogP contribution in [0.1, 0.15) is 38.5 Å². The molecule has 146 valence electrons. The molecule has 0 spiro atoms. The van der Waals surface area contributed by atoms with Gasteiger partial charge >= 0.3 is 0 Å². The average molecular weight is 401 g/mol. The third-order valence-corrected chi connectivity index (χ3v) is 8.02. The van der Waals surface area contributed by atoms with Gasteiger partial charge in [-0.25, -0.2) is 9.97 Å². The monoisotopic (exact) mass is 400 g/mol. The highest BCUT2D eigenvalue weighted by Crippen LogP contribution is 2.32. The molecular formula is C17H28N4O3S2. The summed E-state index contributed by atoms with van der Waals surface area (Å²) in [7, 11) is -1.69. The van der Waals surface area contributed by atoms with Gasteiger partial charge in [0.15, 0.2) is 5.16 Å². The van der Waals surface area contributed by atoms with Gasteiger partial charge in [0.05, 0.1) is 0 Å². The summed E-state index contributed by atoms with van der Waals surface area (Å²) in [4.78, 5) is 8.51. The number of methoxy groups -OCH3 is 1. The molecule has 2 aliphatic rings. The summed E-state index contributed by atoms with van der Waals surface area (Å²) < 4.78 is 35.0. The third-order valence-electron chi connectivity index (χ3n) is 5.12. The van der Waals surface area contributed by atoms with Crippen LogP contribution in [0.3, 0.4) is 0 Å². The van der Waals surface area contributed by atoms with E-state index in [9.17, 15) is 8.42 Å². The SMILES string of the molecule is COCC1CCN(S(=O)(=O)NC2CCC(Sc3ncccn3)CC2)CC1. The molecule has 1 N–H and O–H groups in total. The van der Waals surface area contributed by atoms with Crippen LogP contribution in [0.25, 0.3) is 0 Å². The summed E-state index contributed by atoms with van der Waals surface area (Å²) in [6, 6.07) is 1.85. The zero-order valence-electron chi connectivity index (χ0n) is 15.2. The molecule has 0 amide bonds. The molecule has 1 aromatic heterocycles. The minimum atomic E-state index is -3.39. The van der Waals surface area contributed by atoms with Crippen LogP contribution in [0.5, 0.6) is 0 Å². The maximum absolute atomic E-state index is 12.6. The Bertz CT molecular complexity index is 643. The van der Waals surface area contributed by atoms with Crippen molar-refractivity contribution >= 4 is 22.0 Å². The molecule has 26 heavy (non-hydrogen) atoms. The van der Waals surface area contributed by atoms with Gasteiger partial charge in [-0.05, 0) is 50.5 Å². The van der Waals surface area contributed by atoms with Crippen molar-refractivity contribution < 1.29 is 13.2 Å². The molecule has 1 aliphatic heterocycles. The Kier molecular flexibility index (Phi) is 7.27. The highest BCUT2D eigenvalue weighted by atomic mass is 32.2. The Morgan fingerprint density at radius 1 is 1.15 bits per heavy atom. The molecule has 0 bridgehead atoms. The first kappa shape index (κ1) is 20.0. The van der Waals surface area contributed by atoms with Crippen molar-refractivity contribution in [2.24, 2.45) is 5.92 Å². The minimum Gasteiger partial charge on any atom is -0.384 e. The number of rotatable bonds is 7. The summed E-state index contributed by atoms with van der Waals surface area (Å²) in [5.74, 6) is 0.471. The Morgan fingerprint density at radius 2 is 1.81 bits per heavy atom. The second-order valence-electron chi connectivity index (χ2n) is 7.04. The summed E-state index contributed by atoms with van der Waals surface area (Å²) >= 11 is 1.70. The molecule has 1 aliphatic carbocycles. The van der Waals surface area contributed by atoms with Crippen LogP contribution < -0.4 is 4.72 Å². The fourth-order valence-corrected chi connectivity index (χ4v) is 6.18. The van der Waals surface area contributed by atoms with Gasteiger partial charge in [0.2, 0.25) is 0 Å². The number of hydrogen-bond acceptors (Lipinski definition) is 6. The zero-order chi connectivity index (χ0) is 18.4. The number of thioether (sulfide) groups is 1. The van der Waals surface area contributed by atoms with Gasteiger partial charge in [0.25, 0.3) is 10.2 Å². The van der Waals surface area contributed by atoms with E-state index in [-0.39, 0.29) is 6.04 Å². The highest BCUT2D eigenvalue weighted by molar-refractivity contribution is 7.99. The van der Waals surface area contributed by atoms with Crippen LogP contribution in [0, 0.1) is 5.92 Å². The van der Waals surface area contributed by atoms with E-state index in [1.54, 1.807) is 35.6 Å². The Morgan fingerprint density at radius 3 is 2.42 bits per heavy atom. The van der Waals surface area contributed by atoms with E-state index < -0.39 is 10.2 Å². The first-order valence-electron chi connectivity index (χ1n) is 9.27. The van der Waals surface area contributed by atoms with Gasteiger partial charge in [0.1, 0.15) is 0 Å². The molecule has 9 heteroatoms. The maximum Gasteiger partial charge on any atom is 0.279 e. The van der Waals surface area contributed by atoms with Gasteiger partial charge in [-0.3, -0.25) is 0 Å². The molecule has 1 saturated heterocycles. The molecule has 2 heterocycles. The molecule has 1 aromatic rings. The molecule has 3 rings (SSSR count). The van der Waals surface area contributed by atoms with Crippen LogP contribution in [-0.4, -0.2) is 60.8 Å². The Labute approximate surface area is 160 Å². The predicted octanol–water partition coefficient (Wildman–Crippen LogP) is 2.07. The van der Waals surface area contributed by atoms with Crippen molar-refractivity contribution in [3.8, 4) is 0 Å². The summed E-state index contributed by atoms with van der Waals surface area (Å²) in [5.41, 5.74) is 0. The molecular weight excluding hydrogens is 372 g/mol. The van der Waals surface area contributed by atoms with Gasteiger partial charge in [0, 0.05) is 50.5 Å². The number of nitrogens with zero attached hydrogens (tertiary/aromatic N) is 3. The second kappa shape index (κ2) is 9.45. The number of hydrogen-bond donors (Lipinski definition) is 1. The van der Waals surface area contributed by atoms with Crippen LogP contribution in [-0.2, 0) is 14.9 Å². The first-order chi connectivity index (χ1) is 12.6. The second-order valence-corrected chi connectivity index (χ2v) is 10.0. The van der Waals surface area contributed by atoms with Crippen LogP contribution >= 0.6 is 11.8 Å². The topological polar surface area (TPSA) is 84.4 Å². The van der Waals surface area contributed by atoms with Crippen LogP contribution in [0.2, 0.25) is 0 Å². The summed E-state index contributed by atoms with van der Waals surface area (Å²) in [6.07, 6.45) is 8.94. The molecule has 0 radical (unpaired) electrons. The third kappa shape index (κ3) is 5.63. The lowest BCUT2D eigenvalue weighted by Crippen LogP contribution is -2.49. The molecule has 0 atom stereocenters. The summed E-state index contributed by atoms with van der Waals surface area (Å²) in [6.45, 7) is 1.88. The van der Waals surface area contributed by atoms with Crippen molar-refractivity contribution in [3.05, 3.63) is 18.5 Å². The highest BCUT2D eigenvalue weighted by Gasteiger charge is 2.31. The lowest BCUT2D eigenvalue weighted by atomic mass is 9.96. The molecule has 7 nitrogen and oxygen atoms in total. The fraction of sp³-hybridized carbons (Fsp3) is 0.765. The van der Waals surface area contributed by atoms with E-state index in [0.29, 0.717) is 30.9 Å². The zero-order valence-corrected chi connectivity index (χ0v) is 16.8. The van der Waals surface area contributed by atoms with Gasteiger partial charge in [-0.2, -0.15) is 17.4 Å². The Hall–Kier alpha value is -0.740. The number of ether oxygens (including phenoxy) is 1. The van der Waals surface area contributed by atoms with E-state index in [4.69, 9.17) is 4.74 Å². The smallest absolute Gasteiger partial charge is 0.279 e. The van der Waals surface area contributed by atoms with Crippen molar-refractivity contribution in [1.29, 1.82) is 0 Å². The van der Waals surface area contributed by atoms with E-state index in [1.807, 2.05) is 6.07 Å². The van der Waals surface area contributed by atoms with E-state index in [2.05, 4.69) is 14.7 Å². The molecule has 0 unspecified atom stereocenters. The van der Waals surface area contributed by atoms with Crippen molar-refractivity contribution in [3.63, 3.8) is 0 Å². The molecule has 1 saturated carbocycles. The fourth-order valence-electron chi connectivity index (χ4n) is 3.63. The van der Waals surface area contributed by atoms with Crippen LogP contribution in [0.15, 0.2) is 23.6 Å². The molecule has 0 aromatic carbocycles. The number of nitrogens with one attached hydrogen (secondary N) is 1. The largest absolute Gasteiger partial charge is 0.384 e. The van der Waals surface area contributed by atoms with Gasteiger partial charge in [-0.15, -0.1) is 0 Å². The summed E-state index contributed by atoms with van der Waals surface area (Å²) in [5, 5.41) is 1.26. The van der Waals surface area contributed by atoms with Crippen LogP contribution in [0.4, 0.5) is 0 Å². The minimum absolute atomic E-state index is 0.0326. The predicted molar refractivity (Wildman–Crippen MR) is 102 cm³/mol. The van der Waals surface area contributed by atoms with E-state index in [1.165, 1.54) is 0 Å². The first-order valence-corrected chi connectivity index (χ1v) is 11.6. The lowest BCUT2D eigenvalue weighted by Gasteiger charge is -2.34. The number of aromatic nitrogens is 2.